The Hall–Kier alpha value is -0.870. The van der Waals surface area contributed by atoms with Gasteiger partial charge in [0.1, 0.15) is 5.72 Å². The molecule has 0 radical (unpaired) electrons. The lowest BCUT2D eigenvalue weighted by Gasteiger charge is -2.33. The Morgan fingerprint density at radius 1 is 1.79 bits per heavy atom. The number of carbonyl (C=O) groups excluding carboxylic acids is 1. The fourth-order valence-electron chi connectivity index (χ4n) is 1.85. The van der Waals surface area contributed by atoms with Crippen molar-refractivity contribution in [3.63, 3.8) is 0 Å². The van der Waals surface area contributed by atoms with Crippen LogP contribution in [0, 0.1) is 0 Å². The third-order valence-corrected chi connectivity index (χ3v) is 2.46. The van der Waals surface area contributed by atoms with Gasteiger partial charge in [-0.1, -0.05) is 6.08 Å². The number of hydrogen-bond donors (Lipinski definition) is 1. The van der Waals surface area contributed by atoms with E-state index >= 15 is 0 Å². The number of amides is 1. The molecule has 0 aliphatic carbocycles. The van der Waals surface area contributed by atoms with Gasteiger partial charge in [0.15, 0.2) is 0 Å². The third kappa shape index (κ3) is 1.96. The standard InChI is InChI=1S/C10H18N2O2/c1-4-5-8-7-14-10(2,3)12(8)9(13)6-11/h4,8H,1,5-7,11H2,2-3H3/t8-/m0/s1. The maximum Gasteiger partial charge on any atom is 0.238 e. The highest BCUT2D eigenvalue weighted by molar-refractivity contribution is 5.79. The molecule has 2 N–H and O–H groups in total. The number of carbonyl (C=O) groups is 1. The minimum absolute atomic E-state index is 0.0282. The van der Waals surface area contributed by atoms with Crippen molar-refractivity contribution in [2.24, 2.45) is 5.73 Å². The SMILES string of the molecule is C=CC[C@H]1COC(C)(C)N1C(=O)CN. The van der Waals surface area contributed by atoms with Crippen molar-refractivity contribution in [2.75, 3.05) is 13.2 Å². The topological polar surface area (TPSA) is 55.6 Å². The normalized spacial score (nSPS) is 25.1. The summed E-state index contributed by atoms with van der Waals surface area (Å²) in [6, 6.07) is 0.0820. The van der Waals surface area contributed by atoms with E-state index in [4.69, 9.17) is 10.5 Å². The number of ether oxygens (including phenoxy) is 1. The Balaban J connectivity index is 2.80. The quantitative estimate of drug-likeness (QED) is 0.671. The molecule has 1 heterocycles. The largest absolute Gasteiger partial charge is 0.354 e. The Kier molecular flexibility index (Phi) is 3.29. The van der Waals surface area contributed by atoms with E-state index < -0.39 is 5.72 Å². The van der Waals surface area contributed by atoms with Crippen LogP contribution in [0.3, 0.4) is 0 Å². The van der Waals surface area contributed by atoms with E-state index in [1.54, 1.807) is 11.0 Å². The van der Waals surface area contributed by atoms with Gasteiger partial charge in [-0.3, -0.25) is 4.79 Å². The smallest absolute Gasteiger partial charge is 0.238 e. The molecule has 80 valence electrons. The molecule has 1 fully saturated rings. The van der Waals surface area contributed by atoms with Crippen LogP contribution in [0.2, 0.25) is 0 Å². The number of nitrogens with two attached hydrogens (primary N) is 1. The van der Waals surface area contributed by atoms with Gasteiger partial charge in [0.2, 0.25) is 5.91 Å². The molecule has 0 unspecified atom stereocenters. The van der Waals surface area contributed by atoms with Gasteiger partial charge in [-0.05, 0) is 20.3 Å². The molecule has 0 aromatic heterocycles. The van der Waals surface area contributed by atoms with Crippen molar-refractivity contribution < 1.29 is 9.53 Å². The molecular weight excluding hydrogens is 180 g/mol. The van der Waals surface area contributed by atoms with Gasteiger partial charge in [0.05, 0.1) is 19.2 Å². The summed E-state index contributed by atoms with van der Waals surface area (Å²) in [5.41, 5.74) is 4.82. The molecule has 1 aliphatic heterocycles. The van der Waals surface area contributed by atoms with Crippen molar-refractivity contribution in [1.82, 2.24) is 4.90 Å². The first-order valence-corrected chi connectivity index (χ1v) is 4.80. The highest BCUT2D eigenvalue weighted by atomic mass is 16.5. The Morgan fingerprint density at radius 2 is 2.43 bits per heavy atom. The van der Waals surface area contributed by atoms with Crippen LogP contribution < -0.4 is 5.73 Å². The van der Waals surface area contributed by atoms with E-state index in [1.165, 1.54) is 0 Å². The van der Waals surface area contributed by atoms with Gasteiger partial charge in [-0.25, -0.2) is 0 Å². The molecule has 1 amide bonds. The number of rotatable bonds is 3. The minimum atomic E-state index is -0.538. The van der Waals surface area contributed by atoms with Gasteiger partial charge >= 0.3 is 0 Å². The second kappa shape index (κ2) is 4.11. The Labute approximate surface area is 84.7 Å². The predicted molar refractivity (Wildman–Crippen MR) is 54.5 cm³/mol. The molecular formula is C10H18N2O2. The summed E-state index contributed by atoms with van der Waals surface area (Å²) in [6.45, 7) is 8.01. The van der Waals surface area contributed by atoms with E-state index in [0.29, 0.717) is 6.61 Å². The average molecular weight is 198 g/mol. The number of hydrogen-bond acceptors (Lipinski definition) is 3. The molecule has 4 nitrogen and oxygen atoms in total. The second-order valence-electron chi connectivity index (χ2n) is 3.90. The molecule has 0 aromatic rings. The summed E-state index contributed by atoms with van der Waals surface area (Å²) in [5, 5.41) is 0. The van der Waals surface area contributed by atoms with Crippen molar-refractivity contribution >= 4 is 5.91 Å². The lowest BCUT2D eigenvalue weighted by molar-refractivity contribution is -0.144. The maximum atomic E-state index is 11.6. The predicted octanol–water partition coefficient (Wildman–Crippen LogP) is 0.485. The van der Waals surface area contributed by atoms with Crippen LogP contribution in [0.15, 0.2) is 12.7 Å². The zero-order chi connectivity index (χ0) is 10.8. The first kappa shape index (κ1) is 11.2. The zero-order valence-electron chi connectivity index (χ0n) is 8.82. The van der Waals surface area contributed by atoms with Gasteiger partial charge in [-0.15, -0.1) is 6.58 Å². The van der Waals surface area contributed by atoms with Crippen molar-refractivity contribution in [2.45, 2.75) is 32.0 Å². The van der Waals surface area contributed by atoms with Gasteiger partial charge in [-0.2, -0.15) is 0 Å². The first-order chi connectivity index (χ1) is 6.53. The number of nitrogens with zero attached hydrogens (tertiary/aromatic N) is 1. The Bertz CT molecular complexity index is 238. The summed E-state index contributed by atoms with van der Waals surface area (Å²) in [7, 11) is 0. The molecule has 1 rings (SSSR count). The Morgan fingerprint density at radius 3 is 2.93 bits per heavy atom. The lowest BCUT2D eigenvalue weighted by Crippen LogP contribution is -2.50. The molecule has 1 atom stereocenters. The molecule has 0 aromatic carbocycles. The highest BCUT2D eigenvalue weighted by Crippen LogP contribution is 2.28. The van der Waals surface area contributed by atoms with Crippen LogP contribution in [0.1, 0.15) is 20.3 Å². The summed E-state index contributed by atoms with van der Waals surface area (Å²) >= 11 is 0. The minimum Gasteiger partial charge on any atom is -0.354 e. The van der Waals surface area contributed by atoms with E-state index in [1.807, 2.05) is 13.8 Å². The fraction of sp³-hybridized carbons (Fsp3) is 0.700. The molecule has 0 saturated carbocycles. The summed E-state index contributed by atoms with van der Waals surface area (Å²) in [4.78, 5) is 13.3. The maximum absolute atomic E-state index is 11.6. The fourth-order valence-corrected chi connectivity index (χ4v) is 1.85. The monoisotopic (exact) mass is 198 g/mol. The molecule has 1 aliphatic rings. The highest BCUT2D eigenvalue weighted by Gasteiger charge is 2.42. The zero-order valence-corrected chi connectivity index (χ0v) is 8.82. The van der Waals surface area contributed by atoms with E-state index in [9.17, 15) is 4.79 Å². The van der Waals surface area contributed by atoms with E-state index in [-0.39, 0.29) is 18.5 Å². The third-order valence-electron chi connectivity index (χ3n) is 2.46. The second-order valence-corrected chi connectivity index (χ2v) is 3.90. The average Bonchev–Trinajstić information content (AvgIpc) is 2.41. The lowest BCUT2D eigenvalue weighted by atomic mass is 10.1. The van der Waals surface area contributed by atoms with Crippen LogP contribution in [0.4, 0.5) is 0 Å². The van der Waals surface area contributed by atoms with Gasteiger partial charge in [0, 0.05) is 0 Å². The summed E-state index contributed by atoms with van der Waals surface area (Å²) in [6.07, 6.45) is 2.54. The van der Waals surface area contributed by atoms with Crippen molar-refractivity contribution in [3.8, 4) is 0 Å². The van der Waals surface area contributed by atoms with Crippen LogP contribution in [-0.2, 0) is 9.53 Å². The van der Waals surface area contributed by atoms with Crippen molar-refractivity contribution in [1.29, 1.82) is 0 Å². The van der Waals surface area contributed by atoms with E-state index in [2.05, 4.69) is 6.58 Å². The summed E-state index contributed by atoms with van der Waals surface area (Å²) in [5.74, 6) is -0.0700. The molecule has 14 heavy (non-hydrogen) atoms. The van der Waals surface area contributed by atoms with E-state index in [0.717, 1.165) is 6.42 Å². The molecule has 4 heteroatoms. The van der Waals surface area contributed by atoms with Crippen molar-refractivity contribution in [3.05, 3.63) is 12.7 Å². The first-order valence-electron chi connectivity index (χ1n) is 4.80. The van der Waals surface area contributed by atoms with Gasteiger partial charge < -0.3 is 15.4 Å². The molecule has 1 saturated heterocycles. The van der Waals surface area contributed by atoms with Crippen LogP contribution in [0.5, 0.6) is 0 Å². The summed E-state index contributed by atoms with van der Waals surface area (Å²) < 4.78 is 5.54. The molecule has 0 spiro atoms. The van der Waals surface area contributed by atoms with Crippen LogP contribution >= 0.6 is 0 Å². The van der Waals surface area contributed by atoms with Gasteiger partial charge in [0.25, 0.3) is 0 Å². The van der Waals surface area contributed by atoms with Crippen LogP contribution in [-0.4, -0.2) is 35.7 Å². The molecule has 0 bridgehead atoms. The van der Waals surface area contributed by atoms with Crippen LogP contribution in [0.25, 0.3) is 0 Å².